The van der Waals surface area contributed by atoms with E-state index in [1.165, 1.54) is 11.3 Å². The van der Waals surface area contributed by atoms with Crippen LogP contribution in [0, 0.1) is 0 Å². The van der Waals surface area contributed by atoms with Crippen molar-refractivity contribution in [2.24, 2.45) is 0 Å². The summed E-state index contributed by atoms with van der Waals surface area (Å²) in [5.41, 5.74) is 2.18. The van der Waals surface area contributed by atoms with Crippen molar-refractivity contribution >= 4 is 50.5 Å². The number of hydrogen-bond acceptors (Lipinski definition) is 3. The zero-order valence-electron chi connectivity index (χ0n) is 11.0. The number of nitrogens with one attached hydrogen (secondary N) is 1. The first-order valence-corrected chi connectivity index (χ1v) is 8.36. The molecule has 1 aromatic heterocycles. The van der Waals surface area contributed by atoms with E-state index in [1.54, 1.807) is 7.11 Å². The van der Waals surface area contributed by atoms with E-state index in [-0.39, 0.29) is 6.04 Å². The van der Waals surface area contributed by atoms with Gasteiger partial charge in [0.15, 0.2) is 0 Å². The average molecular weight is 395 g/mol. The van der Waals surface area contributed by atoms with Gasteiger partial charge < -0.3 is 10.1 Å². The van der Waals surface area contributed by atoms with Gasteiger partial charge in [-0.2, -0.15) is 0 Å². The first-order valence-electron chi connectivity index (χ1n) is 5.99. The molecule has 1 unspecified atom stereocenters. The van der Waals surface area contributed by atoms with Gasteiger partial charge >= 0.3 is 0 Å². The third-order valence-corrected chi connectivity index (χ3v) is 5.38. The van der Waals surface area contributed by atoms with E-state index >= 15 is 0 Å². The lowest BCUT2D eigenvalue weighted by Crippen LogP contribution is -2.18. The van der Waals surface area contributed by atoms with Crippen LogP contribution in [0.25, 0.3) is 0 Å². The first-order chi connectivity index (χ1) is 9.55. The highest BCUT2D eigenvalue weighted by Gasteiger charge is 2.18. The van der Waals surface area contributed by atoms with Gasteiger partial charge in [-0.1, -0.05) is 39.1 Å². The number of thiophene rings is 1. The number of ether oxygens (including phenoxy) is 1. The average Bonchev–Trinajstić information content (AvgIpc) is 2.76. The third-order valence-electron chi connectivity index (χ3n) is 3.08. The molecule has 1 N–H and O–H groups in total. The highest BCUT2D eigenvalue weighted by Crippen LogP contribution is 2.37. The van der Waals surface area contributed by atoms with Crippen LogP contribution in [-0.4, -0.2) is 14.2 Å². The Labute approximate surface area is 141 Å². The molecule has 0 aliphatic carbocycles. The topological polar surface area (TPSA) is 21.3 Å². The molecule has 0 fully saturated rings. The van der Waals surface area contributed by atoms with Crippen LogP contribution < -0.4 is 10.1 Å². The van der Waals surface area contributed by atoms with Crippen LogP contribution in [0.4, 0.5) is 0 Å². The summed E-state index contributed by atoms with van der Waals surface area (Å²) in [5.74, 6) is 0.840. The maximum atomic E-state index is 6.24. The van der Waals surface area contributed by atoms with Crippen LogP contribution in [0.1, 0.15) is 17.2 Å². The Balaban J connectivity index is 2.28. The molecule has 0 saturated carbocycles. The molecular weight excluding hydrogens is 381 g/mol. The number of halogens is 3. The largest absolute Gasteiger partial charge is 0.497 e. The molecule has 2 rings (SSSR count). The molecule has 0 radical (unpaired) electrons. The van der Waals surface area contributed by atoms with E-state index in [1.807, 2.05) is 31.3 Å². The molecule has 1 heterocycles. The maximum absolute atomic E-state index is 6.24. The van der Waals surface area contributed by atoms with E-state index in [2.05, 4.69) is 21.2 Å². The fourth-order valence-corrected chi connectivity index (χ4v) is 4.00. The van der Waals surface area contributed by atoms with Crippen molar-refractivity contribution in [1.82, 2.24) is 5.32 Å². The first kappa shape index (κ1) is 16.1. The molecule has 0 aliphatic rings. The smallest absolute Gasteiger partial charge is 0.119 e. The standard InChI is InChI=1S/C14H14BrCl2NOS/c1-18-12(10-7-13(16)20-14(10)17)6-8-5-9(19-2)3-4-11(8)15/h3-5,7,12,18H,6H2,1-2H3. The summed E-state index contributed by atoms with van der Waals surface area (Å²) in [6.07, 6.45) is 0.793. The Morgan fingerprint density at radius 1 is 1.35 bits per heavy atom. The second-order valence-electron chi connectivity index (χ2n) is 4.28. The summed E-state index contributed by atoms with van der Waals surface area (Å²) < 4.78 is 7.76. The minimum absolute atomic E-state index is 0.106. The van der Waals surface area contributed by atoms with Crippen LogP contribution in [-0.2, 0) is 6.42 Å². The third kappa shape index (κ3) is 3.68. The van der Waals surface area contributed by atoms with Crippen LogP contribution in [0.2, 0.25) is 8.67 Å². The molecule has 2 aromatic rings. The van der Waals surface area contributed by atoms with Gasteiger partial charge in [0.25, 0.3) is 0 Å². The van der Waals surface area contributed by atoms with Crippen LogP contribution in [0.5, 0.6) is 5.75 Å². The van der Waals surface area contributed by atoms with Gasteiger partial charge in [0.1, 0.15) is 5.75 Å². The van der Waals surface area contributed by atoms with Crippen molar-refractivity contribution in [2.75, 3.05) is 14.2 Å². The molecule has 0 bridgehead atoms. The van der Waals surface area contributed by atoms with E-state index in [0.717, 1.165) is 32.1 Å². The SMILES string of the molecule is CNC(Cc1cc(OC)ccc1Br)c1cc(Cl)sc1Cl. The van der Waals surface area contributed by atoms with Crippen molar-refractivity contribution in [1.29, 1.82) is 0 Å². The Kier molecular flexibility index (Phi) is 5.75. The fourth-order valence-electron chi connectivity index (χ4n) is 2.01. The van der Waals surface area contributed by atoms with Crippen LogP contribution in [0.15, 0.2) is 28.7 Å². The maximum Gasteiger partial charge on any atom is 0.119 e. The Morgan fingerprint density at radius 3 is 2.65 bits per heavy atom. The molecular formula is C14H14BrCl2NOS. The minimum Gasteiger partial charge on any atom is -0.497 e. The predicted molar refractivity (Wildman–Crippen MR) is 90.5 cm³/mol. The molecule has 2 nitrogen and oxygen atoms in total. The van der Waals surface area contributed by atoms with Gasteiger partial charge in [0, 0.05) is 16.1 Å². The molecule has 108 valence electrons. The van der Waals surface area contributed by atoms with Gasteiger partial charge in [-0.25, -0.2) is 0 Å². The lowest BCUT2D eigenvalue weighted by molar-refractivity contribution is 0.414. The zero-order valence-corrected chi connectivity index (χ0v) is 15.0. The summed E-state index contributed by atoms with van der Waals surface area (Å²) in [6, 6.07) is 7.97. The van der Waals surface area contributed by atoms with Crippen molar-refractivity contribution in [2.45, 2.75) is 12.5 Å². The van der Waals surface area contributed by atoms with Gasteiger partial charge in [0.05, 0.1) is 15.8 Å². The van der Waals surface area contributed by atoms with Gasteiger partial charge in [-0.05, 0) is 43.3 Å². The molecule has 20 heavy (non-hydrogen) atoms. The molecule has 0 saturated heterocycles. The number of methoxy groups -OCH3 is 1. The van der Waals surface area contributed by atoms with E-state index in [0.29, 0.717) is 4.34 Å². The monoisotopic (exact) mass is 393 g/mol. The summed E-state index contributed by atoms with van der Waals surface area (Å²) in [5, 5.41) is 3.29. The molecule has 0 amide bonds. The minimum atomic E-state index is 0.106. The quantitative estimate of drug-likeness (QED) is 0.739. The lowest BCUT2D eigenvalue weighted by Gasteiger charge is -2.17. The van der Waals surface area contributed by atoms with Gasteiger partial charge in [0.2, 0.25) is 0 Å². The number of rotatable bonds is 5. The predicted octanol–water partition coefficient (Wildman–Crippen LogP) is 5.33. The molecule has 0 spiro atoms. The summed E-state index contributed by atoms with van der Waals surface area (Å²) >= 11 is 17.2. The Bertz CT molecular complexity index is 603. The molecule has 6 heteroatoms. The molecule has 1 aromatic carbocycles. The van der Waals surface area contributed by atoms with E-state index in [4.69, 9.17) is 27.9 Å². The molecule has 0 aliphatic heterocycles. The number of benzene rings is 1. The summed E-state index contributed by atoms with van der Waals surface area (Å²) in [7, 11) is 3.58. The highest BCUT2D eigenvalue weighted by molar-refractivity contribution is 9.10. The van der Waals surface area contributed by atoms with Crippen molar-refractivity contribution in [3.05, 3.63) is 48.5 Å². The van der Waals surface area contributed by atoms with Crippen LogP contribution >= 0.6 is 50.5 Å². The van der Waals surface area contributed by atoms with Crippen molar-refractivity contribution in [3.63, 3.8) is 0 Å². The van der Waals surface area contributed by atoms with E-state index < -0.39 is 0 Å². The highest BCUT2D eigenvalue weighted by atomic mass is 79.9. The Morgan fingerprint density at radius 2 is 2.10 bits per heavy atom. The Hall–Kier alpha value is -0.260. The second kappa shape index (κ2) is 7.14. The molecule has 1 atom stereocenters. The van der Waals surface area contributed by atoms with Gasteiger partial charge in [-0.15, -0.1) is 11.3 Å². The number of hydrogen-bond donors (Lipinski definition) is 1. The normalized spacial score (nSPS) is 12.4. The van der Waals surface area contributed by atoms with Crippen LogP contribution in [0.3, 0.4) is 0 Å². The summed E-state index contributed by atoms with van der Waals surface area (Å²) in [6.45, 7) is 0. The second-order valence-corrected chi connectivity index (χ2v) is 7.42. The summed E-state index contributed by atoms with van der Waals surface area (Å²) in [4.78, 5) is 0. The number of likely N-dealkylation sites (N-methyl/N-ethyl adjacent to an activating group) is 1. The van der Waals surface area contributed by atoms with Crippen molar-refractivity contribution < 1.29 is 4.74 Å². The van der Waals surface area contributed by atoms with Gasteiger partial charge in [-0.3, -0.25) is 0 Å². The van der Waals surface area contributed by atoms with E-state index in [9.17, 15) is 0 Å². The van der Waals surface area contributed by atoms with Crippen molar-refractivity contribution in [3.8, 4) is 5.75 Å². The fraction of sp³-hybridized carbons (Fsp3) is 0.286. The lowest BCUT2D eigenvalue weighted by atomic mass is 10.0. The zero-order chi connectivity index (χ0) is 14.7.